The number of carboxylic acids is 1. The summed E-state index contributed by atoms with van der Waals surface area (Å²) in [6.07, 6.45) is 0.481. The summed E-state index contributed by atoms with van der Waals surface area (Å²) in [5.74, 6) is -1.19. The van der Waals surface area contributed by atoms with Gasteiger partial charge in [0.15, 0.2) is 0 Å². The molecule has 1 aromatic heterocycles. The van der Waals surface area contributed by atoms with E-state index >= 15 is 0 Å². The summed E-state index contributed by atoms with van der Waals surface area (Å²) in [4.78, 5) is 24.6. The van der Waals surface area contributed by atoms with Crippen molar-refractivity contribution in [2.45, 2.75) is 25.2 Å². The molecule has 0 radical (unpaired) electrons. The van der Waals surface area contributed by atoms with Gasteiger partial charge < -0.3 is 10.4 Å². The van der Waals surface area contributed by atoms with Crippen LogP contribution in [0.25, 0.3) is 10.9 Å². The Balaban J connectivity index is 1.77. The molecule has 0 bridgehead atoms. The highest BCUT2D eigenvalue weighted by atomic mass is 16.4. The van der Waals surface area contributed by atoms with Crippen LogP contribution in [0.15, 0.2) is 54.6 Å². The molecule has 0 saturated heterocycles. The van der Waals surface area contributed by atoms with Crippen LogP contribution in [-0.2, 0) is 28.5 Å². The maximum absolute atomic E-state index is 12.5. The summed E-state index contributed by atoms with van der Waals surface area (Å²) in [5, 5.41) is 18.0. The van der Waals surface area contributed by atoms with Gasteiger partial charge in [0.05, 0.1) is 17.6 Å². The molecule has 3 aromatic rings. The zero-order chi connectivity index (χ0) is 19.4. The van der Waals surface area contributed by atoms with E-state index in [1.54, 1.807) is 16.8 Å². The number of aliphatic carboxylic acids is 1. The van der Waals surface area contributed by atoms with Gasteiger partial charge in [0, 0.05) is 19.0 Å². The van der Waals surface area contributed by atoms with Crippen molar-refractivity contribution in [2.24, 2.45) is 7.05 Å². The normalized spacial score (nSPS) is 13.3. The number of amides is 1. The van der Waals surface area contributed by atoms with E-state index in [1.165, 1.54) is 0 Å². The van der Waals surface area contributed by atoms with Crippen LogP contribution in [-0.4, -0.2) is 33.3 Å². The molecule has 0 aliphatic rings. The highest BCUT2D eigenvalue weighted by Gasteiger charge is 2.39. The first-order valence-corrected chi connectivity index (χ1v) is 8.94. The van der Waals surface area contributed by atoms with E-state index in [-0.39, 0.29) is 18.9 Å². The van der Waals surface area contributed by atoms with Crippen molar-refractivity contribution in [2.75, 3.05) is 6.54 Å². The molecule has 2 aromatic carbocycles. The number of nitrogens with one attached hydrogen (secondary N) is 1. The number of hydrogen-bond acceptors (Lipinski definition) is 3. The molecule has 0 fully saturated rings. The lowest BCUT2D eigenvalue weighted by Gasteiger charge is -2.29. The fourth-order valence-electron chi connectivity index (χ4n) is 3.42. The lowest BCUT2D eigenvalue weighted by molar-refractivity contribution is -0.144. The number of hydrogen-bond donors (Lipinski definition) is 2. The molecule has 1 amide bonds. The Hall–Kier alpha value is -3.15. The average molecular weight is 365 g/mol. The molecule has 6 nitrogen and oxygen atoms in total. The van der Waals surface area contributed by atoms with Crippen molar-refractivity contribution in [3.8, 4) is 0 Å². The second-order valence-electron chi connectivity index (χ2n) is 6.65. The summed E-state index contributed by atoms with van der Waals surface area (Å²) >= 11 is 0. The maximum atomic E-state index is 12.5. The first-order valence-electron chi connectivity index (χ1n) is 8.94. The fourth-order valence-corrected chi connectivity index (χ4v) is 3.42. The van der Waals surface area contributed by atoms with Gasteiger partial charge >= 0.3 is 5.97 Å². The van der Waals surface area contributed by atoms with Crippen LogP contribution in [0.5, 0.6) is 0 Å². The van der Waals surface area contributed by atoms with Crippen molar-refractivity contribution in [1.29, 1.82) is 0 Å². The number of nitrogens with zero attached hydrogens (tertiary/aromatic N) is 2. The molecule has 6 heteroatoms. The van der Waals surface area contributed by atoms with Crippen molar-refractivity contribution < 1.29 is 14.7 Å². The number of rotatable bonds is 7. The molecule has 2 N–H and O–H groups in total. The van der Waals surface area contributed by atoms with Crippen molar-refractivity contribution in [3.63, 3.8) is 0 Å². The second kappa shape index (κ2) is 7.61. The molecule has 0 saturated carbocycles. The molecular weight excluding hydrogens is 342 g/mol. The topological polar surface area (TPSA) is 84.2 Å². The summed E-state index contributed by atoms with van der Waals surface area (Å²) < 4.78 is 1.75. The number of fused-ring (bicyclic) bond motifs is 1. The van der Waals surface area contributed by atoms with Gasteiger partial charge in [0.2, 0.25) is 5.91 Å². The van der Waals surface area contributed by atoms with Gasteiger partial charge in [0.25, 0.3) is 0 Å². The Bertz CT molecular complexity index is 965. The Morgan fingerprint density at radius 1 is 1.11 bits per heavy atom. The number of aromatic nitrogens is 2. The third-order valence-corrected chi connectivity index (χ3v) is 5.09. The van der Waals surface area contributed by atoms with Gasteiger partial charge in [-0.1, -0.05) is 55.5 Å². The molecular formula is C21H23N3O3. The first kappa shape index (κ1) is 18.6. The number of carboxylic acid groups (broad SMARTS) is 1. The quantitative estimate of drug-likeness (QED) is 0.674. The van der Waals surface area contributed by atoms with Gasteiger partial charge in [-0.25, -0.2) is 0 Å². The fraction of sp³-hybridized carbons (Fsp3) is 0.286. The predicted molar refractivity (Wildman–Crippen MR) is 103 cm³/mol. The van der Waals surface area contributed by atoms with Crippen LogP contribution in [0.2, 0.25) is 0 Å². The summed E-state index contributed by atoms with van der Waals surface area (Å²) in [6.45, 7) is 1.85. The van der Waals surface area contributed by atoms with Gasteiger partial charge in [-0.3, -0.25) is 14.3 Å². The van der Waals surface area contributed by atoms with Crippen molar-refractivity contribution in [3.05, 3.63) is 65.9 Å². The molecule has 0 spiro atoms. The smallest absolute Gasteiger partial charge is 0.315 e. The molecule has 0 aliphatic heterocycles. The third-order valence-electron chi connectivity index (χ3n) is 5.09. The zero-order valence-corrected chi connectivity index (χ0v) is 15.5. The van der Waals surface area contributed by atoms with E-state index in [0.29, 0.717) is 17.7 Å². The highest BCUT2D eigenvalue weighted by Crippen LogP contribution is 2.28. The minimum Gasteiger partial charge on any atom is -0.481 e. The molecule has 1 atom stereocenters. The monoisotopic (exact) mass is 365 g/mol. The van der Waals surface area contributed by atoms with E-state index in [9.17, 15) is 14.7 Å². The van der Waals surface area contributed by atoms with E-state index in [0.717, 1.165) is 10.9 Å². The lowest BCUT2D eigenvalue weighted by Crippen LogP contribution is -2.46. The van der Waals surface area contributed by atoms with Crippen LogP contribution in [0, 0.1) is 0 Å². The molecule has 27 heavy (non-hydrogen) atoms. The average Bonchev–Trinajstić information content (AvgIpc) is 2.99. The number of carbonyl (C=O) groups is 2. The molecule has 1 unspecified atom stereocenters. The summed E-state index contributed by atoms with van der Waals surface area (Å²) in [5.41, 5.74) is 1.17. The van der Waals surface area contributed by atoms with Gasteiger partial charge in [-0.15, -0.1) is 0 Å². The van der Waals surface area contributed by atoms with Crippen LogP contribution in [0.3, 0.4) is 0 Å². The Kier molecular flexibility index (Phi) is 5.26. The van der Waals surface area contributed by atoms with Gasteiger partial charge in [0.1, 0.15) is 5.41 Å². The third kappa shape index (κ3) is 3.56. The van der Waals surface area contributed by atoms with E-state index in [4.69, 9.17) is 0 Å². The number of aryl methyl sites for hydroxylation is 1. The molecule has 1 heterocycles. The largest absolute Gasteiger partial charge is 0.481 e. The minimum absolute atomic E-state index is 0.0342. The van der Waals surface area contributed by atoms with Crippen LogP contribution < -0.4 is 5.32 Å². The summed E-state index contributed by atoms with van der Waals surface area (Å²) in [6, 6.07) is 16.8. The predicted octanol–water partition coefficient (Wildman–Crippen LogP) is 2.66. The van der Waals surface area contributed by atoms with E-state index in [1.807, 2.05) is 56.4 Å². The Morgan fingerprint density at radius 3 is 2.44 bits per heavy atom. The van der Waals surface area contributed by atoms with E-state index in [2.05, 4.69) is 10.4 Å². The van der Waals surface area contributed by atoms with Crippen LogP contribution in [0.1, 0.15) is 24.6 Å². The zero-order valence-electron chi connectivity index (χ0n) is 15.5. The van der Waals surface area contributed by atoms with Gasteiger partial charge in [-0.2, -0.15) is 5.10 Å². The summed E-state index contributed by atoms with van der Waals surface area (Å²) in [7, 11) is 1.84. The molecule has 140 valence electrons. The van der Waals surface area contributed by atoms with Crippen LogP contribution >= 0.6 is 0 Å². The Morgan fingerprint density at radius 2 is 1.78 bits per heavy atom. The van der Waals surface area contributed by atoms with Gasteiger partial charge in [-0.05, 0) is 18.1 Å². The Labute approximate surface area is 157 Å². The molecule has 3 rings (SSSR count). The maximum Gasteiger partial charge on any atom is 0.315 e. The number of carbonyl (C=O) groups excluding carboxylic acids is 1. The number of benzene rings is 2. The second-order valence-corrected chi connectivity index (χ2v) is 6.65. The van der Waals surface area contributed by atoms with Crippen molar-refractivity contribution in [1.82, 2.24) is 15.1 Å². The standard InChI is InChI=1S/C21H23N3O3/c1-3-21(20(26)27,15-9-5-4-6-10-15)14-22-19(25)13-17-16-11-7-8-12-18(16)24(2)23-17/h4-12H,3,13-14H2,1-2H3,(H,22,25)(H,26,27). The van der Waals surface area contributed by atoms with Crippen LogP contribution in [0.4, 0.5) is 0 Å². The van der Waals surface area contributed by atoms with E-state index < -0.39 is 11.4 Å². The SMILES string of the molecule is CCC(CNC(=O)Cc1nn(C)c2ccccc12)(C(=O)O)c1ccccc1. The lowest BCUT2D eigenvalue weighted by atomic mass is 9.78. The number of para-hydroxylation sites is 1. The first-order chi connectivity index (χ1) is 13.0. The van der Waals surface area contributed by atoms with Crippen molar-refractivity contribution >= 4 is 22.8 Å². The minimum atomic E-state index is -1.15. The highest BCUT2D eigenvalue weighted by molar-refractivity contribution is 5.88. The molecule has 0 aliphatic carbocycles.